The van der Waals surface area contributed by atoms with Gasteiger partial charge in [0.1, 0.15) is 11.5 Å². The monoisotopic (exact) mass is 365 g/mol. The number of halogens is 1. The lowest BCUT2D eigenvalue weighted by atomic mass is 10.1. The van der Waals surface area contributed by atoms with Gasteiger partial charge in [0.2, 0.25) is 0 Å². The van der Waals surface area contributed by atoms with Crippen molar-refractivity contribution in [1.29, 1.82) is 0 Å². The molecule has 0 saturated carbocycles. The smallest absolute Gasteiger partial charge is 0.335 e. The van der Waals surface area contributed by atoms with Gasteiger partial charge in [-0.1, -0.05) is 51.2 Å². The van der Waals surface area contributed by atoms with E-state index in [-0.39, 0.29) is 18.0 Å². The summed E-state index contributed by atoms with van der Waals surface area (Å²) in [6.07, 6.45) is 7.75. The van der Waals surface area contributed by atoms with Crippen LogP contribution >= 0.6 is 12.4 Å². The third kappa shape index (κ3) is 7.32. The highest BCUT2D eigenvalue weighted by Gasteiger charge is 2.08. The first-order valence-corrected chi connectivity index (χ1v) is 8.84. The van der Waals surface area contributed by atoms with E-state index in [0.717, 1.165) is 17.9 Å². The van der Waals surface area contributed by atoms with Gasteiger partial charge in [0.15, 0.2) is 0 Å². The largest absolute Gasteiger partial charge is 0.478 e. The molecule has 0 spiro atoms. The van der Waals surface area contributed by atoms with E-state index >= 15 is 0 Å². The zero-order chi connectivity index (χ0) is 17.2. The number of carboxylic acids is 1. The average Bonchev–Trinajstić information content (AvgIpc) is 3.06. The first-order chi connectivity index (χ1) is 11.7. The highest BCUT2D eigenvalue weighted by atomic mass is 35.5. The molecule has 0 amide bonds. The number of carboxylic acid groups (broad SMARTS) is 1. The van der Waals surface area contributed by atoms with Crippen molar-refractivity contribution in [2.75, 3.05) is 6.54 Å². The first-order valence-electron chi connectivity index (χ1n) is 8.84. The molecule has 1 aromatic heterocycles. The summed E-state index contributed by atoms with van der Waals surface area (Å²) in [5.41, 5.74) is 1.06. The van der Waals surface area contributed by atoms with Crippen LogP contribution in [0.3, 0.4) is 0 Å². The van der Waals surface area contributed by atoms with Crippen molar-refractivity contribution < 1.29 is 14.3 Å². The molecule has 0 radical (unpaired) electrons. The number of benzene rings is 1. The number of aromatic carboxylic acids is 1. The summed E-state index contributed by atoms with van der Waals surface area (Å²) in [4.78, 5) is 11.0. The molecule has 2 rings (SSSR count). The molecule has 0 aliphatic heterocycles. The van der Waals surface area contributed by atoms with Crippen LogP contribution in [-0.2, 0) is 6.54 Å². The van der Waals surface area contributed by atoms with Crippen molar-refractivity contribution in [2.45, 2.75) is 52.0 Å². The van der Waals surface area contributed by atoms with E-state index in [1.807, 2.05) is 18.2 Å². The van der Waals surface area contributed by atoms with Gasteiger partial charge in [-0.2, -0.15) is 0 Å². The third-order valence-electron chi connectivity index (χ3n) is 4.06. The Kier molecular flexibility index (Phi) is 9.97. The second-order valence-electron chi connectivity index (χ2n) is 6.10. The van der Waals surface area contributed by atoms with Gasteiger partial charge >= 0.3 is 5.97 Å². The Balaban J connectivity index is 0.00000312. The number of rotatable bonds is 11. The molecule has 2 aromatic rings. The van der Waals surface area contributed by atoms with Crippen molar-refractivity contribution in [1.82, 2.24) is 5.32 Å². The number of unbranched alkanes of at least 4 members (excludes halogenated alkanes) is 5. The van der Waals surface area contributed by atoms with Crippen molar-refractivity contribution in [3.63, 3.8) is 0 Å². The zero-order valence-electron chi connectivity index (χ0n) is 14.8. The van der Waals surface area contributed by atoms with Crippen LogP contribution < -0.4 is 5.32 Å². The van der Waals surface area contributed by atoms with E-state index in [0.29, 0.717) is 12.3 Å². The Labute approximate surface area is 156 Å². The highest BCUT2D eigenvalue weighted by Crippen LogP contribution is 2.23. The van der Waals surface area contributed by atoms with Crippen LogP contribution in [0.4, 0.5) is 0 Å². The zero-order valence-corrected chi connectivity index (χ0v) is 15.6. The Morgan fingerprint density at radius 3 is 2.60 bits per heavy atom. The van der Waals surface area contributed by atoms with E-state index in [4.69, 9.17) is 9.52 Å². The predicted molar refractivity (Wildman–Crippen MR) is 103 cm³/mol. The van der Waals surface area contributed by atoms with Gasteiger partial charge in [0.05, 0.1) is 12.1 Å². The van der Waals surface area contributed by atoms with Gasteiger partial charge in [-0.05, 0) is 37.2 Å². The minimum atomic E-state index is -0.927. The van der Waals surface area contributed by atoms with Gasteiger partial charge in [0.25, 0.3) is 0 Å². The fourth-order valence-corrected chi connectivity index (χ4v) is 2.68. The summed E-state index contributed by atoms with van der Waals surface area (Å²) in [5, 5.41) is 12.5. The summed E-state index contributed by atoms with van der Waals surface area (Å²) in [5.74, 6) is 0.649. The summed E-state index contributed by atoms with van der Waals surface area (Å²) < 4.78 is 5.81. The van der Waals surface area contributed by atoms with E-state index < -0.39 is 5.97 Å². The number of hydrogen-bond donors (Lipinski definition) is 2. The van der Waals surface area contributed by atoms with Gasteiger partial charge in [-0.3, -0.25) is 0 Å². The molecule has 0 unspecified atom stereocenters. The molecule has 138 valence electrons. The minimum Gasteiger partial charge on any atom is -0.478 e. The molecule has 0 saturated heterocycles. The predicted octanol–water partition coefficient (Wildman–Crippen LogP) is 5.52. The minimum absolute atomic E-state index is 0. The van der Waals surface area contributed by atoms with E-state index in [1.54, 1.807) is 18.2 Å². The number of furan rings is 1. The Morgan fingerprint density at radius 2 is 1.84 bits per heavy atom. The molecular weight excluding hydrogens is 338 g/mol. The lowest BCUT2D eigenvalue weighted by Gasteiger charge is -2.03. The summed E-state index contributed by atoms with van der Waals surface area (Å²) in [7, 11) is 0. The van der Waals surface area contributed by atoms with Crippen LogP contribution in [0.1, 0.15) is 61.6 Å². The van der Waals surface area contributed by atoms with Crippen LogP contribution in [0.5, 0.6) is 0 Å². The molecule has 0 aliphatic rings. The van der Waals surface area contributed by atoms with Crippen LogP contribution in [0.25, 0.3) is 11.3 Å². The lowest BCUT2D eigenvalue weighted by molar-refractivity contribution is 0.0697. The quantitative estimate of drug-likeness (QED) is 0.515. The fraction of sp³-hybridized carbons (Fsp3) is 0.450. The molecule has 1 aromatic carbocycles. The number of nitrogens with one attached hydrogen (secondary N) is 1. The maximum atomic E-state index is 11.0. The fourth-order valence-electron chi connectivity index (χ4n) is 2.68. The normalized spacial score (nSPS) is 10.4. The maximum absolute atomic E-state index is 11.0. The van der Waals surface area contributed by atoms with Gasteiger partial charge in [-0.15, -0.1) is 12.4 Å². The topological polar surface area (TPSA) is 62.5 Å². The van der Waals surface area contributed by atoms with Gasteiger partial charge < -0.3 is 14.8 Å². The van der Waals surface area contributed by atoms with Gasteiger partial charge in [0, 0.05) is 5.56 Å². The molecule has 4 nitrogen and oxygen atoms in total. The Hall–Kier alpha value is -1.78. The highest BCUT2D eigenvalue weighted by molar-refractivity contribution is 5.89. The van der Waals surface area contributed by atoms with Crippen molar-refractivity contribution in [3.8, 4) is 11.3 Å². The SMILES string of the molecule is CCCCCCCCNCc1ccc(-c2cccc(C(=O)O)c2)o1.Cl. The summed E-state index contributed by atoms with van der Waals surface area (Å²) in [6, 6.07) is 10.6. The lowest BCUT2D eigenvalue weighted by Crippen LogP contribution is -2.14. The van der Waals surface area contributed by atoms with E-state index in [2.05, 4.69) is 12.2 Å². The standard InChI is InChI=1S/C20H27NO3.ClH/c1-2-3-4-5-6-7-13-21-15-18-11-12-19(24-18)16-9-8-10-17(14-16)20(22)23;/h8-12,14,21H,2-7,13,15H2,1H3,(H,22,23);1H. The molecule has 2 N–H and O–H groups in total. The van der Waals surface area contributed by atoms with Crippen LogP contribution in [0, 0.1) is 0 Å². The summed E-state index contributed by atoms with van der Waals surface area (Å²) in [6.45, 7) is 3.93. The Bertz CT molecular complexity index is 639. The summed E-state index contributed by atoms with van der Waals surface area (Å²) >= 11 is 0. The third-order valence-corrected chi connectivity index (χ3v) is 4.06. The van der Waals surface area contributed by atoms with Crippen LogP contribution in [-0.4, -0.2) is 17.6 Å². The first kappa shape index (κ1) is 21.3. The van der Waals surface area contributed by atoms with Crippen LogP contribution in [0.2, 0.25) is 0 Å². The molecule has 0 aliphatic carbocycles. The maximum Gasteiger partial charge on any atom is 0.335 e. The molecular formula is C20H28ClNO3. The molecule has 25 heavy (non-hydrogen) atoms. The average molecular weight is 366 g/mol. The van der Waals surface area contributed by atoms with E-state index in [9.17, 15) is 4.79 Å². The molecule has 0 fully saturated rings. The van der Waals surface area contributed by atoms with Crippen molar-refractivity contribution in [2.24, 2.45) is 0 Å². The Morgan fingerprint density at radius 1 is 1.08 bits per heavy atom. The molecule has 1 heterocycles. The van der Waals surface area contributed by atoms with Crippen LogP contribution in [0.15, 0.2) is 40.8 Å². The number of hydrogen-bond acceptors (Lipinski definition) is 3. The molecule has 5 heteroatoms. The van der Waals surface area contributed by atoms with Crippen molar-refractivity contribution >= 4 is 18.4 Å². The second kappa shape index (κ2) is 11.7. The molecule has 0 atom stereocenters. The van der Waals surface area contributed by atoms with Crippen molar-refractivity contribution in [3.05, 3.63) is 47.7 Å². The van der Waals surface area contributed by atoms with E-state index in [1.165, 1.54) is 38.5 Å². The molecule has 0 bridgehead atoms. The van der Waals surface area contributed by atoms with Gasteiger partial charge in [-0.25, -0.2) is 4.79 Å². The second-order valence-corrected chi connectivity index (χ2v) is 6.10. The number of carbonyl (C=O) groups is 1.